The number of amides is 1. The second kappa shape index (κ2) is 7.17. The van der Waals surface area contributed by atoms with Crippen molar-refractivity contribution in [2.75, 3.05) is 37.9 Å². The lowest BCUT2D eigenvalue weighted by molar-refractivity contribution is -0.383. The van der Waals surface area contributed by atoms with Gasteiger partial charge in [0.1, 0.15) is 5.69 Å². The van der Waals surface area contributed by atoms with Gasteiger partial charge in [-0.15, -0.1) is 0 Å². The Morgan fingerprint density at radius 1 is 1.53 bits per heavy atom. The monoisotopic (exact) mass is 268 g/mol. The molecule has 0 aliphatic carbocycles. The molecule has 0 aliphatic rings. The Labute approximate surface area is 110 Å². The van der Waals surface area contributed by atoms with E-state index < -0.39 is 4.92 Å². The number of anilines is 2. The number of benzene rings is 1. The van der Waals surface area contributed by atoms with Crippen molar-refractivity contribution in [3.8, 4) is 0 Å². The SMILES string of the molecule is COCCNC(=O)CNc1ccc([N+](=O)[O-])c(N)c1. The van der Waals surface area contributed by atoms with E-state index in [9.17, 15) is 14.9 Å². The number of hydrogen-bond acceptors (Lipinski definition) is 6. The number of carbonyl (C=O) groups is 1. The van der Waals surface area contributed by atoms with Crippen LogP contribution in [0.5, 0.6) is 0 Å². The Bertz CT molecular complexity index is 464. The van der Waals surface area contributed by atoms with E-state index >= 15 is 0 Å². The number of ether oxygens (including phenoxy) is 1. The Morgan fingerprint density at radius 3 is 2.84 bits per heavy atom. The molecule has 0 heterocycles. The van der Waals surface area contributed by atoms with Crippen LogP contribution >= 0.6 is 0 Å². The minimum Gasteiger partial charge on any atom is -0.393 e. The topological polar surface area (TPSA) is 120 Å². The minimum absolute atomic E-state index is 0.0507. The molecule has 104 valence electrons. The standard InChI is InChI=1S/C11H16N4O4/c1-19-5-4-13-11(16)7-14-8-2-3-10(15(17)18)9(12)6-8/h2-3,6,14H,4-5,7,12H2,1H3,(H,13,16). The zero-order valence-corrected chi connectivity index (χ0v) is 10.5. The van der Waals surface area contributed by atoms with Crippen molar-refractivity contribution in [1.29, 1.82) is 0 Å². The van der Waals surface area contributed by atoms with Crippen molar-refractivity contribution in [3.05, 3.63) is 28.3 Å². The summed E-state index contributed by atoms with van der Waals surface area (Å²) in [5.41, 5.74) is 5.97. The molecule has 8 nitrogen and oxygen atoms in total. The molecule has 0 unspecified atom stereocenters. The first-order valence-corrected chi connectivity index (χ1v) is 5.58. The molecule has 0 aromatic heterocycles. The molecular weight excluding hydrogens is 252 g/mol. The van der Waals surface area contributed by atoms with E-state index in [1.165, 1.54) is 18.2 Å². The third-order valence-electron chi connectivity index (χ3n) is 2.31. The van der Waals surface area contributed by atoms with Gasteiger partial charge >= 0.3 is 0 Å². The summed E-state index contributed by atoms with van der Waals surface area (Å²) in [7, 11) is 1.55. The summed E-state index contributed by atoms with van der Waals surface area (Å²) in [6.45, 7) is 0.927. The highest BCUT2D eigenvalue weighted by Gasteiger charge is 2.11. The van der Waals surface area contributed by atoms with Crippen molar-refractivity contribution in [1.82, 2.24) is 5.32 Å². The molecule has 1 aromatic carbocycles. The average molecular weight is 268 g/mol. The van der Waals surface area contributed by atoms with Crippen LogP contribution in [-0.2, 0) is 9.53 Å². The van der Waals surface area contributed by atoms with Crippen LogP contribution in [0.15, 0.2) is 18.2 Å². The fourth-order valence-corrected chi connectivity index (χ4v) is 1.37. The molecule has 8 heteroatoms. The summed E-state index contributed by atoms with van der Waals surface area (Å²) >= 11 is 0. The first-order valence-electron chi connectivity index (χ1n) is 5.58. The van der Waals surface area contributed by atoms with Crippen LogP contribution in [0, 0.1) is 10.1 Å². The van der Waals surface area contributed by atoms with Gasteiger partial charge in [-0.2, -0.15) is 0 Å². The number of nitro benzene ring substituents is 1. The smallest absolute Gasteiger partial charge is 0.292 e. The van der Waals surface area contributed by atoms with Crippen molar-refractivity contribution in [3.63, 3.8) is 0 Å². The third kappa shape index (κ3) is 4.80. The maximum atomic E-state index is 11.4. The summed E-state index contributed by atoms with van der Waals surface area (Å²) < 4.78 is 4.79. The number of carbonyl (C=O) groups excluding carboxylic acids is 1. The number of nitrogens with two attached hydrogens (primary N) is 1. The van der Waals surface area contributed by atoms with E-state index in [4.69, 9.17) is 10.5 Å². The van der Waals surface area contributed by atoms with Crippen LogP contribution in [-0.4, -0.2) is 37.6 Å². The molecule has 0 atom stereocenters. The van der Waals surface area contributed by atoms with Crippen LogP contribution in [0.3, 0.4) is 0 Å². The molecule has 1 aromatic rings. The lowest BCUT2D eigenvalue weighted by Crippen LogP contribution is -2.32. The first kappa shape index (κ1) is 14.7. The summed E-state index contributed by atoms with van der Waals surface area (Å²) in [4.78, 5) is 21.4. The highest BCUT2D eigenvalue weighted by molar-refractivity contribution is 5.81. The van der Waals surface area contributed by atoms with Gasteiger partial charge in [-0.3, -0.25) is 14.9 Å². The van der Waals surface area contributed by atoms with Crippen molar-refractivity contribution in [2.24, 2.45) is 0 Å². The molecule has 0 bridgehead atoms. The molecule has 0 aliphatic heterocycles. The molecular formula is C11H16N4O4. The van der Waals surface area contributed by atoms with Crippen molar-refractivity contribution >= 4 is 23.0 Å². The largest absolute Gasteiger partial charge is 0.393 e. The molecule has 4 N–H and O–H groups in total. The maximum absolute atomic E-state index is 11.4. The van der Waals surface area contributed by atoms with Gasteiger partial charge in [0, 0.05) is 25.4 Å². The number of nitrogens with zero attached hydrogens (tertiary/aromatic N) is 1. The number of rotatable bonds is 7. The number of hydrogen-bond donors (Lipinski definition) is 3. The lowest BCUT2D eigenvalue weighted by Gasteiger charge is -2.08. The second-order valence-electron chi connectivity index (χ2n) is 3.73. The van der Waals surface area contributed by atoms with Crippen molar-refractivity contribution in [2.45, 2.75) is 0 Å². The van der Waals surface area contributed by atoms with Gasteiger partial charge in [-0.05, 0) is 12.1 Å². The molecule has 1 amide bonds. The zero-order chi connectivity index (χ0) is 14.3. The fourth-order valence-electron chi connectivity index (χ4n) is 1.37. The summed E-state index contributed by atoms with van der Waals surface area (Å²) in [6, 6.07) is 4.21. The third-order valence-corrected chi connectivity index (χ3v) is 2.31. The summed E-state index contributed by atoms with van der Waals surface area (Å²) in [5, 5.41) is 16.0. The van der Waals surface area contributed by atoms with E-state index in [0.29, 0.717) is 18.8 Å². The van der Waals surface area contributed by atoms with E-state index in [0.717, 1.165) is 0 Å². The Morgan fingerprint density at radius 2 is 2.26 bits per heavy atom. The van der Waals surface area contributed by atoms with Gasteiger partial charge in [0.2, 0.25) is 5.91 Å². The van der Waals surface area contributed by atoms with Crippen LogP contribution < -0.4 is 16.4 Å². The van der Waals surface area contributed by atoms with E-state index in [1.54, 1.807) is 7.11 Å². The van der Waals surface area contributed by atoms with Gasteiger partial charge in [-0.25, -0.2) is 0 Å². The van der Waals surface area contributed by atoms with Gasteiger partial charge in [0.25, 0.3) is 5.69 Å². The lowest BCUT2D eigenvalue weighted by atomic mass is 10.2. The molecule has 0 saturated carbocycles. The highest BCUT2D eigenvalue weighted by atomic mass is 16.6. The zero-order valence-electron chi connectivity index (χ0n) is 10.5. The summed E-state index contributed by atoms with van der Waals surface area (Å²) in [6.07, 6.45) is 0. The predicted molar refractivity (Wildman–Crippen MR) is 70.9 cm³/mol. The molecule has 0 radical (unpaired) electrons. The first-order chi connectivity index (χ1) is 9.04. The number of methoxy groups -OCH3 is 1. The van der Waals surface area contributed by atoms with Crippen LogP contribution in [0.2, 0.25) is 0 Å². The van der Waals surface area contributed by atoms with Gasteiger partial charge in [-0.1, -0.05) is 0 Å². The van der Waals surface area contributed by atoms with Crippen LogP contribution in [0.1, 0.15) is 0 Å². The number of nitro groups is 1. The van der Waals surface area contributed by atoms with E-state index in [-0.39, 0.29) is 23.8 Å². The molecule has 1 rings (SSSR count). The Hall–Kier alpha value is -2.35. The Kier molecular flexibility index (Phi) is 5.55. The quantitative estimate of drug-likeness (QED) is 0.284. The normalized spacial score (nSPS) is 9.95. The molecule has 19 heavy (non-hydrogen) atoms. The highest BCUT2D eigenvalue weighted by Crippen LogP contribution is 2.24. The predicted octanol–water partition coefficient (Wildman–Crippen LogP) is 0.351. The molecule has 0 saturated heterocycles. The minimum atomic E-state index is -0.559. The average Bonchev–Trinajstić information content (AvgIpc) is 2.36. The van der Waals surface area contributed by atoms with Crippen LogP contribution in [0.4, 0.5) is 17.1 Å². The van der Waals surface area contributed by atoms with E-state index in [2.05, 4.69) is 10.6 Å². The Balaban J connectivity index is 2.48. The van der Waals surface area contributed by atoms with Gasteiger partial charge in [0.15, 0.2) is 0 Å². The van der Waals surface area contributed by atoms with Crippen LogP contribution in [0.25, 0.3) is 0 Å². The number of nitrogens with one attached hydrogen (secondary N) is 2. The van der Waals surface area contributed by atoms with Crippen molar-refractivity contribution < 1.29 is 14.5 Å². The van der Waals surface area contributed by atoms with E-state index in [1.807, 2.05) is 0 Å². The van der Waals surface area contributed by atoms with Gasteiger partial charge < -0.3 is 21.1 Å². The molecule has 0 fully saturated rings. The van der Waals surface area contributed by atoms with Gasteiger partial charge in [0.05, 0.1) is 18.1 Å². The number of nitrogen functional groups attached to an aromatic ring is 1. The molecule has 0 spiro atoms. The second-order valence-corrected chi connectivity index (χ2v) is 3.73. The fraction of sp³-hybridized carbons (Fsp3) is 0.364. The summed E-state index contributed by atoms with van der Waals surface area (Å²) in [5.74, 6) is -0.200. The maximum Gasteiger partial charge on any atom is 0.292 e.